The molecule has 1 aromatic carbocycles. The third-order valence-corrected chi connectivity index (χ3v) is 1.87. The van der Waals surface area contributed by atoms with Gasteiger partial charge < -0.3 is 10.2 Å². The zero-order valence-corrected chi connectivity index (χ0v) is 8.53. The third-order valence-electron chi connectivity index (χ3n) is 1.87. The molecule has 0 saturated carbocycles. The lowest BCUT2D eigenvalue weighted by atomic mass is 10.2. The second kappa shape index (κ2) is 4.44. The van der Waals surface area contributed by atoms with Crippen molar-refractivity contribution in [3.8, 4) is 11.5 Å². The number of carbonyl (C=O) groups is 1. The molecule has 7 nitrogen and oxygen atoms in total. The zero-order valence-electron chi connectivity index (χ0n) is 8.53. The van der Waals surface area contributed by atoms with Gasteiger partial charge in [-0.25, -0.2) is 4.98 Å². The molecule has 3 N–H and O–H groups in total. The summed E-state index contributed by atoms with van der Waals surface area (Å²) >= 11 is 0. The molecule has 0 spiro atoms. The van der Waals surface area contributed by atoms with Crippen molar-refractivity contribution in [2.75, 3.05) is 5.32 Å². The van der Waals surface area contributed by atoms with Gasteiger partial charge in [0.2, 0.25) is 5.95 Å². The number of benzene rings is 1. The first-order valence-electron chi connectivity index (χ1n) is 4.63. The monoisotopic (exact) mass is 232 g/mol. The summed E-state index contributed by atoms with van der Waals surface area (Å²) in [5.74, 6) is -0.922. The highest BCUT2D eigenvalue weighted by molar-refractivity contribution is 6.03. The Morgan fingerprint density at radius 3 is 2.41 bits per heavy atom. The predicted molar refractivity (Wildman–Crippen MR) is 57.6 cm³/mol. The fourth-order valence-corrected chi connectivity index (χ4v) is 1.20. The van der Waals surface area contributed by atoms with Crippen LogP contribution in [0, 0.1) is 0 Å². The van der Waals surface area contributed by atoms with Crippen molar-refractivity contribution in [1.29, 1.82) is 0 Å². The summed E-state index contributed by atoms with van der Waals surface area (Å²) < 4.78 is 0. The Labute approximate surface area is 95.8 Å². The van der Waals surface area contributed by atoms with Gasteiger partial charge in [-0.3, -0.25) is 10.1 Å². The van der Waals surface area contributed by atoms with Crippen molar-refractivity contribution in [3.05, 3.63) is 36.2 Å². The maximum atomic E-state index is 11.7. The molecule has 1 amide bonds. The molecule has 0 fully saturated rings. The molecule has 2 aromatic rings. The Kier molecular flexibility index (Phi) is 2.82. The molecule has 2 rings (SSSR count). The van der Waals surface area contributed by atoms with E-state index in [9.17, 15) is 15.0 Å². The van der Waals surface area contributed by atoms with Gasteiger partial charge >= 0.3 is 0 Å². The number of phenolic OH excluding ortho intramolecular Hbond substituents is 2. The standard InChI is InChI=1S/C10H8N4O3/c15-7-3-6(4-8(16)5-7)9(17)13-10-11-1-2-12-14-10/h1-5,15-16H,(H,11,13,14,17). The lowest BCUT2D eigenvalue weighted by Gasteiger charge is -2.03. The molecule has 0 unspecified atom stereocenters. The smallest absolute Gasteiger partial charge is 0.258 e. The first kappa shape index (κ1) is 10.8. The molecule has 17 heavy (non-hydrogen) atoms. The lowest BCUT2D eigenvalue weighted by molar-refractivity contribution is 0.102. The van der Waals surface area contributed by atoms with E-state index in [0.29, 0.717) is 0 Å². The van der Waals surface area contributed by atoms with E-state index < -0.39 is 5.91 Å². The number of hydrogen-bond acceptors (Lipinski definition) is 6. The molecule has 0 aliphatic rings. The predicted octanol–water partition coefficient (Wildman–Crippen LogP) is 0.535. The summed E-state index contributed by atoms with van der Waals surface area (Å²) in [6.07, 6.45) is 2.75. The van der Waals surface area contributed by atoms with E-state index >= 15 is 0 Å². The van der Waals surface area contributed by atoms with Crippen molar-refractivity contribution in [1.82, 2.24) is 15.2 Å². The first-order chi connectivity index (χ1) is 8.15. The Balaban J connectivity index is 2.20. The average Bonchev–Trinajstić information content (AvgIpc) is 2.29. The molecule has 7 heteroatoms. The van der Waals surface area contributed by atoms with E-state index in [-0.39, 0.29) is 23.0 Å². The normalized spacial score (nSPS) is 9.88. The Hall–Kier alpha value is -2.70. The van der Waals surface area contributed by atoms with E-state index in [1.165, 1.54) is 24.5 Å². The van der Waals surface area contributed by atoms with Gasteiger partial charge in [0.1, 0.15) is 11.5 Å². The lowest BCUT2D eigenvalue weighted by Crippen LogP contribution is -2.14. The van der Waals surface area contributed by atoms with Gasteiger partial charge in [-0.2, -0.15) is 5.10 Å². The fraction of sp³-hybridized carbons (Fsp3) is 0. The van der Waals surface area contributed by atoms with Gasteiger partial charge in [0.15, 0.2) is 0 Å². The van der Waals surface area contributed by atoms with Gasteiger partial charge in [-0.1, -0.05) is 0 Å². The van der Waals surface area contributed by atoms with Crippen molar-refractivity contribution < 1.29 is 15.0 Å². The molecule has 0 bridgehead atoms. The van der Waals surface area contributed by atoms with Crippen LogP contribution in [0.3, 0.4) is 0 Å². The number of anilines is 1. The van der Waals surface area contributed by atoms with E-state index in [4.69, 9.17) is 0 Å². The summed E-state index contributed by atoms with van der Waals surface area (Å²) in [7, 11) is 0. The van der Waals surface area contributed by atoms with E-state index in [2.05, 4.69) is 20.5 Å². The zero-order chi connectivity index (χ0) is 12.3. The minimum atomic E-state index is -0.552. The first-order valence-corrected chi connectivity index (χ1v) is 4.63. The summed E-state index contributed by atoms with van der Waals surface area (Å²) in [5.41, 5.74) is 0.0925. The molecule has 1 aromatic heterocycles. The number of phenols is 2. The van der Waals surface area contributed by atoms with Crippen LogP contribution in [-0.2, 0) is 0 Å². The van der Waals surface area contributed by atoms with E-state index in [0.717, 1.165) is 6.07 Å². The number of nitrogens with one attached hydrogen (secondary N) is 1. The molecule has 0 aliphatic heterocycles. The van der Waals surface area contributed by atoms with Crippen LogP contribution in [0.2, 0.25) is 0 Å². The largest absolute Gasteiger partial charge is 0.508 e. The number of rotatable bonds is 2. The van der Waals surface area contributed by atoms with Crippen molar-refractivity contribution >= 4 is 11.9 Å². The van der Waals surface area contributed by atoms with Crippen LogP contribution in [0.15, 0.2) is 30.6 Å². The van der Waals surface area contributed by atoms with Crippen LogP contribution >= 0.6 is 0 Å². The van der Waals surface area contributed by atoms with Gasteiger partial charge in [0, 0.05) is 11.6 Å². The molecule has 0 aliphatic carbocycles. The van der Waals surface area contributed by atoms with Gasteiger partial charge in [0.25, 0.3) is 5.91 Å². The topological polar surface area (TPSA) is 108 Å². The molecule has 0 atom stereocenters. The molecule has 86 valence electrons. The molecule has 0 saturated heterocycles. The van der Waals surface area contributed by atoms with E-state index in [1.54, 1.807) is 0 Å². The maximum absolute atomic E-state index is 11.7. The summed E-state index contributed by atoms with van der Waals surface area (Å²) in [6, 6.07) is 3.55. The highest BCUT2D eigenvalue weighted by atomic mass is 16.3. The second-order valence-corrected chi connectivity index (χ2v) is 3.16. The van der Waals surface area contributed by atoms with Gasteiger partial charge in [-0.05, 0) is 12.1 Å². The van der Waals surface area contributed by atoms with Crippen LogP contribution in [0.4, 0.5) is 5.95 Å². The Morgan fingerprint density at radius 2 is 1.82 bits per heavy atom. The third kappa shape index (κ3) is 2.65. The fourth-order valence-electron chi connectivity index (χ4n) is 1.20. The summed E-state index contributed by atoms with van der Waals surface area (Å²) in [4.78, 5) is 15.4. The SMILES string of the molecule is O=C(Nc1nccnn1)c1cc(O)cc(O)c1. The number of carbonyl (C=O) groups excluding carboxylic acids is 1. The Bertz CT molecular complexity index is 524. The van der Waals surface area contributed by atoms with Crippen molar-refractivity contribution in [2.45, 2.75) is 0 Å². The maximum Gasteiger partial charge on any atom is 0.258 e. The Morgan fingerprint density at radius 1 is 1.12 bits per heavy atom. The van der Waals surface area contributed by atoms with Crippen LogP contribution < -0.4 is 5.32 Å². The van der Waals surface area contributed by atoms with Crippen molar-refractivity contribution in [2.24, 2.45) is 0 Å². The number of aromatic hydroxyl groups is 2. The molecule has 0 radical (unpaired) electrons. The minimum Gasteiger partial charge on any atom is -0.508 e. The minimum absolute atomic E-state index is 0.0420. The van der Waals surface area contributed by atoms with Crippen LogP contribution in [0.25, 0.3) is 0 Å². The average molecular weight is 232 g/mol. The van der Waals surface area contributed by atoms with Gasteiger partial charge in [-0.15, -0.1) is 5.10 Å². The quantitative estimate of drug-likeness (QED) is 0.697. The van der Waals surface area contributed by atoms with Crippen LogP contribution in [0.5, 0.6) is 11.5 Å². The molecular weight excluding hydrogens is 224 g/mol. The van der Waals surface area contributed by atoms with Crippen LogP contribution in [0.1, 0.15) is 10.4 Å². The highest BCUT2D eigenvalue weighted by Crippen LogP contribution is 2.20. The molecule has 1 heterocycles. The summed E-state index contributed by atoms with van der Waals surface area (Å²) in [5, 5.41) is 27.9. The van der Waals surface area contributed by atoms with Crippen LogP contribution in [-0.4, -0.2) is 31.3 Å². The number of nitrogens with zero attached hydrogens (tertiary/aromatic N) is 3. The number of hydrogen-bond donors (Lipinski definition) is 3. The number of amides is 1. The second-order valence-electron chi connectivity index (χ2n) is 3.16. The number of aromatic nitrogens is 3. The van der Waals surface area contributed by atoms with Gasteiger partial charge in [0.05, 0.1) is 12.4 Å². The van der Waals surface area contributed by atoms with Crippen molar-refractivity contribution in [3.63, 3.8) is 0 Å². The highest BCUT2D eigenvalue weighted by Gasteiger charge is 2.10. The molecular formula is C10H8N4O3. The van der Waals surface area contributed by atoms with E-state index in [1.807, 2.05) is 0 Å². The summed E-state index contributed by atoms with van der Waals surface area (Å²) in [6.45, 7) is 0.